The molecule has 1 aliphatic rings. The summed E-state index contributed by atoms with van der Waals surface area (Å²) in [5.74, 6) is -0.417. The van der Waals surface area contributed by atoms with Gasteiger partial charge in [-0.3, -0.25) is 14.5 Å². The number of nitrogens with zero attached hydrogens (tertiary/aromatic N) is 3. The van der Waals surface area contributed by atoms with Gasteiger partial charge in [-0.1, -0.05) is 77.2 Å². The molecule has 0 spiro atoms. The van der Waals surface area contributed by atoms with Crippen LogP contribution in [0.3, 0.4) is 0 Å². The Bertz CT molecular complexity index is 1690. The number of anilines is 1. The number of hydrogen-bond donors (Lipinski definition) is 1. The Morgan fingerprint density at radius 3 is 2.60 bits per heavy atom. The van der Waals surface area contributed by atoms with E-state index < -0.39 is 17.7 Å². The quantitative estimate of drug-likeness (QED) is 0.0480. The topological polar surface area (TPSA) is 102 Å². The van der Waals surface area contributed by atoms with Crippen molar-refractivity contribution in [3.05, 3.63) is 112 Å². The Balaban J connectivity index is 1.54. The molecule has 1 saturated heterocycles. The van der Waals surface area contributed by atoms with Gasteiger partial charge in [0.15, 0.2) is 4.34 Å². The lowest BCUT2D eigenvalue weighted by atomic mass is 9.95. The zero-order valence-corrected chi connectivity index (χ0v) is 25.3. The fourth-order valence-corrected chi connectivity index (χ4v) is 6.74. The van der Waals surface area contributed by atoms with Crippen LogP contribution in [0.25, 0.3) is 5.76 Å². The smallest absolute Gasteiger partial charge is 0.301 e. The van der Waals surface area contributed by atoms with E-state index >= 15 is 0 Å². The number of Topliss-reactive ketones (excluding diaryl/α,β-unsaturated/α-hetero) is 1. The molecule has 3 aromatic carbocycles. The number of methoxy groups -OCH3 is 1. The summed E-state index contributed by atoms with van der Waals surface area (Å²) in [6.45, 7) is 3.94. The van der Waals surface area contributed by atoms with Crippen molar-refractivity contribution in [3.63, 3.8) is 0 Å². The maximum Gasteiger partial charge on any atom is 0.301 e. The normalized spacial score (nSPS) is 16.1. The third kappa shape index (κ3) is 6.17. The Kier molecular flexibility index (Phi) is 9.18. The molecule has 5 rings (SSSR count). The average molecular weight is 641 g/mol. The molecule has 0 radical (unpaired) electrons. The molecular formula is C30H23Cl2N3O5S2. The first kappa shape index (κ1) is 29.7. The van der Waals surface area contributed by atoms with Gasteiger partial charge in [-0.25, -0.2) is 0 Å². The highest BCUT2D eigenvalue weighted by molar-refractivity contribution is 8.00. The van der Waals surface area contributed by atoms with Gasteiger partial charge in [-0.05, 0) is 59.7 Å². The second kappa shape index (κ2) is 13.0. The Labute approximate surface area is 260 Å². The number of ketones is 1. The van der Waals surface area contributed by atoms with Crippen molar-refractivity contribution in [1.82, 2.24) is 10.2 Å². The van der Waals surface area contributed by atoms with Crippen molar-refractivity contribution in [2.75, 3.05) is 18.6 Å². The van der Waals surface area contributed by atoms with Crippen LogP contribution in [0.1, 0.15) is 22.7 Å². The molecule has 1 unspecified atom stereocenters. The van der Waals surface area contributed by atoms with Gasteiger partial charge in [-0.2, -0.15) is 0 Å². The summed E-state index contributed by atoms with van der Waals surface area (Å²) < 4.78 is 11.5. The summed E-state index contributed by atoms with van der Waals surface area (Å²) >= 11 is 14.9. The second-order valence-corrected chi connectivity index (χ2v) is 12.0. The lowest BCUT2D eigenvalue weighted by Crippen LogP contribution is -2.29. The molecule has 2 heterocycles. The number of halogens is 2. The van der Waals surface area contributed by atoms with Crippen LogP contribution in [-0.2, 0) is 15.3 Å². The number of thioether (sulfide) groups is 1. The first-order chi connectivity index (χ1) is 20.3. The number of benzene rings is 3. The van der Waals surface area contributed by atoms with Gasteiger partial charge >= 0.3 is 5.91 Å². The minimum absolute atomic E-state index is 0.0802. The highest BCUT2D eigenvalue weighted by Crippen LogP contribution is 2.45. The summed E-state index contributed by atoms with van der Waals surface area (Å²) in [4.78, 5) is 28.3. The predicted molar refractivity (Wildman–Crippen MR) is 166 cm³/mol. The van der Waals surface area contributed by atoms with Crippen LogP contribution in [0.15, 0.2) is 89.3 Å². The molecule has 4 aromatic rings. The SMILES string of the molecule is C=CCOc1cccc(C2C(=C(O)c3ccc(OC)cc3)C(=O)C(=O)N2c2nnc(SCc3ccc(Cl)cc3Cl)s2)c1. The van der Waals surface area contributed by atoms with Gasteiger partial charge in [0.25, 0.3) is 5.78 Å². The number of rotatable bonds is 10. The van der Waals surface area contributed by atoms with Crippen LogP contribution in [-0.4, -0.2) is 40.7 Å². The summed E-state index contributed by atoms with van der Waals surface area (Å²) in [5, 5.41) is 21.1. The van der Waals surface area contributed by atoms with Crippen LogP contribution in [0.5, 0.6) is 11.5 Å². The number of aromatic nitrogens is 2. The Morgan fingerprint density at radius 2 is 1.88 bits per heavy atom. The predicted octanol–water partition coefficient (Wildman–Crippen LogP) is 7.34. The molecule has 214 valence electrons. The monoisotopic (exact) mass is 639 g/mol. The molecule has 0 aliphatic carbocycles. The standard InChI is InChI=1S/C30H23Cl2N3O5S2/c1-3-13-40-22-6-4-5-18(14-22)25-24(26(36)17-8-11-21(39-2)12-9-17)27(37)28(38)35(25)29-33-34-30(42-29)41-16-19-7-10-20(31)15-23(19)32/h3-12,14-15,25,36H,1,13,16H2,2H3. The van der Waals surface area contributed by atoms with Crippen molar-refractivity contribution in [2.24, 2.45) is 0 Å². The van der Waals surface area contributed by atoms with E-state index in [1.165, 1.54) is 23.8 Å². The van der Waals surface area contributed by atoms with Gasteiger partial charge in [-0.15, -0.1) is 10.2 Å². The molecule has 0 saturated carbocycles. The number of hydrogen-bond acceptors (Lipinski definition) is 9. The summed E-state index contributed by atoms with van der Waals surface area (Å²) in [6.07, 6.45) is 1.61. The number of aliphatic hydroxyl groups is 1. The summed E-state index contributed by atoms with van der Waals surface area (Å²) in [6, 6.07) is 17.8. The first-order valence-corrected chi connectivity index (χ1v) is 15.1. The van der Waals surface area contributed by atoms with Gasteiger partial charge in [0.05, 0.1) is 18.7 Å². The first-order valence-electron chi connectivity index (χ1n) is 12.5. The molecule has 1 aliphatic heterocycles. The summed E-state index contributed by atoms with van der Waals surface area (Å²) in [5.41, 5.74) is 1.68. The van der Waals surface area contributed by atoms with Crippen LogP contribution < -0.4 is 14.4 Å². The van der Waals surface area contributed by atoms with Crippen molar-refractivity contribution >= 4 is 68.9 Å². The largest absolute Gasteiger partial charge is 0.507 e. The lowest BCUT2D eigenvalue weighted by molar-refractivity contribution is -0.132. The van der Waals surface area contributed by atoms with Gasteiger partial charge in [0, 0.05) is 21.4 Å². The van der Waals surface area contributed by atoms with Crippen molar-refractivity contribution < 1.29 is 24.2 Å². The van der Waals surface area contributed by atoms with Crippen LogP contribution in [0, 0.1) is 0 Å². The van der Waals surface area contributed by atoms with Gasteiger partial charge in [0.1, 0.15) is 23.9 Å². The molecule has 1 fully saturated rings. The second-order valence-electron chi connectivity index (χ2n) is 8.94. The Hall–Kier alpha value is -3.83. The van der Waals surface area contributed by atoms with Crippen molar-refractivity contribution in [2.45, 2.75) is 16.1 Å². The Morgan fingerprint density at radius 1 is 1.10 bits per heavy atom. The van der Waals surface area contributed by atoms with Crippen LogP contribution in [0.2, 0.25) is 10.0 Å². The zero-order valence-electron chi connectivity index (χ0n) is 22.1. The molecule has 8 nitrogen and oxygen atoms in total. The van der Waals surface area contributed by atoms with Gasteiger partial charge in [0.2, 0.25) is 5.13 Å². The highest BCUT2D eigenvalue weighted by Gasteiger charge is 2.48. The van der Waals surface area contributed by atoms with Crippen LogP contribution in [0.4, 0.5) is 5.13 Å². The number of amides is 1. The van der Waals surface area contributed by atoms with E-state index in [-0.39, 0.29) is 23.1 Å². The lowest BCUT2D eigenvalue weighted by Gasteiger charge is -2.23. The fourth-order valence-electron chi connectivity index (χ4n) is 4.32. The number of carbonyl (C=O) groups is 2. The number of ether oxygens (including phenoxy) is 2. The highest BCUT2D eigenvalue weighted by atomic mass is 35.5. The average Bonchev–Trinajstić information content (AvgIpc) is 3.57. The molecule has 1 amide bonds. The molecular weight excluding hydrogens is 617 g/mol. The van der Waals surface area contributed by atoms with Gasteiger partial charge < -0.3 is 14.6 Å². The third-order valence-electron chi connectivity index (χ3n) is 6.32. The van der Waals surface area contributed by atoms with E-state index in [1.807, 2.05) is 6.07 Å². The molecule has 1 atom stereocenters. The van der Waals surface area contributed by atoms with E-state index in [9.17, 15) is 14.7 Å². The minimum Gasteiger partial charge on any atom is -0.507 e. The minimum atomic E-state index is -0.990. The molecule has 12 heteroatoms. The van der Waals surface area contributed by atoms with Crippen molar-refractivity contribution in [1.29, 1.82) is 0 Å². The van der Waals surface area contributed by atoms with Crippen molar-refractivity contribution in [3.8, 4) is 11.5 Å². The van der Waals surface area contributed by atoms with E-state index in [4.69, 9.17) is 32.7 Å². The zero-order chi connectivity index (χ0) is 29.8. The third-order valence-corrected chi connectivity index (χ3v) is 9.01. The van der Waals surface area contributed by atoms with E-state index in [1.54, 1.807) is 66.7 Å². The summed E-state index contributed by atoms with van der Waals surface area (Å²) in [7, 11) is 1.53. The van der Waals surface area contributed by atoms with Crippen LogP contribution >= 0.6 is 46.3 Å². The van der Waals surface area contributed by atoms with E-state index in [0.29, 0.717) is 42.8 Å². The fraction of sp³-hybridized carbons (Fsp3) is 0.133. The number of aliphatic hydroxyl groups excluding tert-OH is 1. The maximum atomic E-state index is 13.5. The molecule has 42 heavy (non-hydrogen) atoms. The van der Waals surface area contributed by atoms with E-state index in [2.05, 4.69) is 16.8 Å². The molecule has 0 bridgehead atoms. The van der Waals surface area contributed by atoms with E-state index in [0.717, 1.165) is 16.9 Å². The maximum absolute atomic E-state index is 13.5. The molecule has 1 aromatic heterocycles. The molecule has 1 N–H and O–H groups in total. The number of carbonyl (C=O) groups excluding carboxylic acids is 2.